The van der Waals surface area contributed by atoms with Crippen LogP contribution in [-0.4, -0.2) is 35.8 Å². The largest absolute Gasteiger partial charge is 0.464 e. The van der Waals surface area contributed by atoms with Crippen LogP contribution in [0.5, 0.6) is 0 Å². The Morgan fingerprint density at radius 2 is 1.15 bits per heavy atom. The van der Waals surface area contributed by atoms with Gasteiger partial charge >= 0.3 is 5.97 Å². The van der Waals surface area contributed by atoms with Crippen LogP contribution >= 0.6 is 0 Å². The van der Waals surface area contributed by atoms with Gasteiger partial charge in [0.25, 0.3) is 0 Å². The van der Waals surface area contributed by atoms with E-state index >= 15 is 0 Å². The lowest BCUT2D eigenvalue weighted by atomic mass is 9.55. The van der Waals surface area contributed by atoms with Crippen molar-refractivity contribution in [1.82, 2.24) is 4.90 Å². The van der Waals surface area contributed by atoms with E-state index in [0.29, 0.717) is 0 Å². The number of likely N-dealkylation sites (tertiary alicyclic amines) is 1. The Morgan fingerprint density at radius 3 is 1.64 bits per heavy atom. The molecule has 2 bridgehead atoms. The first kappa shape index (κ1) is 19.9. The molecule has 0 spiro atoms. The first-order valence-corrected chi connectivity index (χ1v) is 11.4. The minimum Gasteiger partial charge on any atom is -0.464 e. The fourth-order valence-electron chi connectivity index (χ4n) is 6.02. The topological polar surface area (TPSA) is 63.7 Å². The molecule has 2 amide bonds. The molecular weight excluding hydrogens is 414 g/mol. The lowest BCUT2D eigenvalue weighted by Gasteiger charge is -2.45. The first-order chi connectivity index (χ1) is 16.1. The number of carbonyl (C=O) groups excluding carboxylic acids is 3. The van der Waals surface area contributed by atoms with Gasteiger partial charge in [0.15, 0.2) is 0 Å². The maximum absolute atomic E-state index is 13.5. The van der Waals surface area contributed by atoms with E-state index in [1.807, 2.05) is 54.6 Å². The van der Waals surface area contributed by atoms with Gasteiger partial charge in [0.05, 0.1) is 24.8 Å². The molecule has 1 fully saturated rings. The van der Waals surface area contributed by atoms with Gasteiger partial charge in [-0.25, -0.2) is 0 Å². The highest BCUT2D eigenvalue weighted by Gasteiger charge is 2.61. The molecule has 2 atom stereocenters. The average molecular weight is 437 g/mol. The molecule has 3 aliphatic carbocycles. The number of imide groups is 1. The minimum atomic E-state index is -0.396. The Balaban J connectivity index is 1.23. The second kappa shape index (κ2) is 7.69. The Bertz CT molecular complexity index is 1150. The summed E-state index contributed by atoms with van der Waals surface area (Å²) in [5.74, 6) is -1.69. The maximum Gasteiger partial charge on any atom is 0.310 e. The summed E-state index contributed by atoms with van der Waals surface area (Å²) in [7, 11) is 0. The summed E-state index contributed by atoms with van der Waals surface area (Å²) in [5, 5.41) is 0. The van der Waals surface area contributed by atoms with E-state index in [1.165, 1.54) is 4.90 Å². The van der Waals surface area contributed by atoms with Crippen molar-refractivity contribution in [1.29, 1.82) is 0 Å². The van der Waals surface area contributed by atoms with E-state index in [9.17, 15) is 14.4 Å². The van der Waals surface area contributed by atoms with Gasteiger partial charge in [-0.05, 0) is 27.8 Å². The highest BCUT2D eigenvalue weighted by atomic mass is 16.5. The highest BCUT2D eigenvalue weighted by molar-refractivity contribution is 6.07. The summed E-state index contributed by atoms with van der Waals surface area (Å²) in [6.45, 7) is 0.106. The van der Waals surface area contributed by atoms with Crippen molar-refractivity contribution in [3.63, 3.8) is 0 Å². The number of amides is 2. The summed E-state index contributed by atoms with van der Waals surface area (Å²) in [6, 6.07) is 25.7. The van der Waals surface area contributed by atoms with Crippen LogP contribution in [0.4, 0.5) is 0 Å². The third kappa shape index (κ3) is 3.03. The molecule has 3 aromatic rings. The van der Waals surface area contributed by atoms with E-state index in [2.05, 4.69) is 24.3 Å². The van der Waals surface area contributed by atoms with Crippen LogP contribution in [0, 0.1) is 11.8 Å². The van der Waals surface area contributed by atoms with E-state index in [-0.39, 0.29) is 49.2 Å². The zero-order chi connectivity index (χ0) is 22.5. The van der Waals surface area contributed by atoms with Crippen LogP contribution < -0.4 is 0 Å². The lowest BCUT2D eigenvalue weighted by molar-refractivity contribution is -0.148. The molecule has 0 aromatic heterocycles. The van der Waals surface area contributed by atoms with E-state index in [0.717, 1.165) is 27.8 Å². The number of benzene rings is 3. The van der Waals surface area contributed by atoms with E-state index in [4.69, 9.17) is 4.74 Å². The van der Waals surface area contributed by atoms with Crippen LogP contribution in [0.3, 0.4) is 0 Å². The zero-order valence-corrected chi connectivity index (χ0v) is 18.0. The van der Waals surface area contributed by atoms with Gasteiger partial charge in [0.2, 0.25) is 11.8 Å². The van der Waals surface area contributed by atoms with Crippen LogP contribution in [-0.2, 0) is 25.5 Å². The molecule has 164 valence electrons. The summed E-state index contributed by atoms with van der Waals surface area (Å²) in [4.78, 5) is 40.5. The standard InChI is InChI=1S/C28H23NO4/c30-22(16-17-8-2-1-3-9-17)33-15-14-29-27(31)25-23-18-10-4-5-11-19(18)24(26(25)28(29)32)21-13-7-6-12-20(21)23/h1-13,23-26H,14-16H2. The van der Waals surface area contributed by atoms with E-state index < -0.39 is 11.8 Å². The van der Waals surface area contributed by atoms with Crippen molar-refractivity contribution < 1.29 is 19.1 Å². The molecule has 0 radical (unpaired) electrons. The zero-order valence-electron chi connectivity index (χ0n) is 18.0. The van der Waals surface area contributed by atoms with Gasteiger partial charge in [-0.3, -0.25) is 19.3 Å². The van der Waals surface area contributed by atoms with Crippen LogP contribution in [0.2, 0.25) is 0 Å². The fourth-order valence-corrected chi connectivity index (χ4v) is 6.02. The molecule has 5 nitrogen and oxygen atoms in total. The Hall–Kier alpha value is -3.73. The van der Waals surface area contributed by atoms with Crippen molar-refractivity contribution in [2.75, 3.05) is 13.2 Å². The molecule has 4 aliphatic rings. The van der Waals surface area contributed by atoms with Gasteiger partial charge < -0.3 is 4.74 Å². The number of ether oxygens (including phenoxy) is 1. The third-order valence-electron chi connectivity index (χ3n) is 7.31. The summed E-state index contributed by atoms with van der Waals surface area (Å²) in [5.41, 5.74) is 5.48. The summed E-state index contributed by atoms with van der Waals surface area (Å²) < 4.78 is 5.37. The van der Waals surface area contributed by atoms with Gasteiger partial charge in [0, 0.05) is 11.8 Å². The Kier molecular flexibility index (Phi) is 4.64. The number of hydrogen-bond donors (Lipinski definition) is 0. The molecule has 2 unspecified atom stereocenters. The van der Waals surface area contributed by atoms with Gasteiger partial charge in [-0.1, -0.05) is 78.9 Å². The quantitative estimate of drug-likeness (QED) is 0.451. The summed E-state index contributed by atoms with van der Waals surface area (Å²) >= 11 is 0. The molecule has 1 aliphatic heterocycles. The molecular formula is C28H23NO4. The van der Waals surface area contributed by atoms with Crippen molar-refractivity contribution in [3.8, 4) is 0 Å². The maximum atomic E-state index is 13.5. The first-order valence-electron chi connectivity index (χ1n) is 11.4. The molecule has 1 saturated heterocycles. The van der Waals surface area contributed by atoms with Crippen molar-refractivity contribution in [3.05, 3.63) is 107 Å². The second-order valence-electron chi connectivity index (χ2n) is 8.98. The number of nitrogens with zero attached hydrogens (tertiary/aromatic N) is 1. The Labute approximate surface area is 192 Å². The van der Waals surface area contributed by atoms with Gasteiger partial charge in [-0.2, -0.15) is 0 Å². The molecule has 0 saturated carbocycles. The number of carbonyl (C=O) groups is 3. The van der Waals surface area contributed by atoms with Crippen molar-refractivity contribution in [2.45, 2.75) is 18.3 Å². The third-order valence-corrected chi connectivity index (χ3v) is 7.31. The molecule has 33 heavy (non-hydrogen) atoms. The lowest BCUT2D eigenvalue weighted by Crippen LogP contribution is -2.41. The average Bonchev–Trinajstić information content (AvgIpc) is 3.10. The van der Waals surface area contributed by atoms with Crippen LogP contribution in [0.25, 0.3) is 0 Å². The van der Waals surface area contributed by atoms with Crippen molar-refractivity contribution >= 4 is 17.8 Å². The minimum absolute atomic E-state index is 0.0117. The molecule has 0 N–H and O–H groups in total. The van der Waals surface area contributed by atoms with Crippen LogP contribution in [0.15, 0.2) is 78.9 Å². The van der Waals surface area contributed by atoms with E-state index in [1.54, 1.807) is 0 Å². The van der Waals surface area contributed by atoms with Gasteiger partial charge in [-0.15, -0.1) is 0 Å². The predicted molar refractivity (Wildman–Crippen MR) is 121 cm³/mol. The Morgan fingerprint density at radius 1 is 0.697 bits per heavy atom. The summed E-state index contributed by atoms with van der Waals surface area (Å²) in [6.07, 6.45) is 0.169. The fraction of sp³-hybridized carbons (Fsp3) is 0.250. The smallest absolute Gasteiger partial charge is 0.310 e. The second-order valence-corrected chi connectivity index (χ2v) is 8.98. The normalized spacial score (nSPS) is 24.3. The van der Waals surface area contributed by atoms with Crippen LogP contribution in [0.1, 0.15) is 39.7 Å². The SMILES string of the molecule is O=C(Cc1ccccc1)OCCN1C(=O)C2C3c4ccccc4C(c4ccccc43)C2C1=O. The number of hydrogen-bond acceptors (Lipinski definition) is 4. The predicted octanol–water partition coefficient (Wildman–Crippen LogP) is 3.66. The molecule has 3 aromatic carbocycles. The molecule has 1 heterocycles. The highest BCUT2D eigenvalue weighted by Crippen LogP contribution is 2.60. The monoisotopic (exact) mass is 437 g/mol. The molecule has 5 heteroatoms. The van der Waals surface area contributed by atoms with Gasteiger partial charge in [0.1, 0.15) is 6.61 Å². The number of esters is 1. The molecule has 7 rings (SSSR count). The number of rotatable bonds is 5. The van der Waals surface area contributed by atoms with Crippen molar-refractivity contribution in [2.24, 2.45) is 11.8 Å².